The minimum absolute atomic E-state index is 0.0788. The first-order valence-electron chi connectivity index (χ1n) is 9.05. The Hall–Kier alpha value is 0.640. The van der Waals surface area contributed by atoms with Gasteiger partial charge in [0, 0.05) is 5.88 Å². The van der Waals surface area contributed by atoms with E-state index in [0.29, 0.717) is 0 Å². The summed E-state index contributed by atoms with van der Waals surface area (Å²) in [7, 11) is -8.82. The Labute approximate surface area is 214 Å². The summed E-state index contributed by atoms with van der Waals surface area (Å²) in [4.78, 5) is 11.3. The molecular weight excluding hydrogens is 593 g/mol. The lowest BCUT2D eigenvalue weighted by atomic mass is 10.5. The highest BCUT2D eigenvalue weighted by atomic mass is 35.5. The predicted octanol–water partition coefficient (Wildman–Crippen LogP) is 1.27. The lowest BCUT2D eigenvalue weighted by Gasteiger charge is -2.21. The van der Waals surface area contributed by atoms with Crippen LogP contribution in [0.15, 0.2) is 0 Å². The molecule has 4 atom stereocenters. The number of aromatic nitrogens is 3. The van der Waals surface area contributed by atoms with Gasteiger partial charge in [0.05, 0.1) is 62.4 Å². The standard InChI is InChI=1S/C14H22Cl5N3O9P2/c15-1-2-28-32(26,29-6-9(16)3-23)13-20-12(19)21-14(22-13)33(27,30-7-10(17)4-24)31-8-11(18)5-25/h9-11,23-25H,1-8H2. The van der Waals surface area contributed by atoms with E-state index in [1.54, 1.807) is 0 Å². The van der Waals surface area contributed by atoms with Crippen LogP contribution in [0.5, 0.6) is 0 Å². The molecule has 0 spiro atoms. The molecule has 0 bridgehead atoms. The monoisotopic (exact) mass is 613 g/mol. The maximum atomic E-state index is 13.4. The van der Waals surface area contributed by atoms with Crippen molar-refractivity contribution in [3.8, 4) is 0 Å². The summed E-state index contributed by atoms with van der Waals surface area (Å²) < 4.78 is 47.6. The smallest absolute Gasteiger partial charge is 0.395 e. The van der Waals surface area contributed by atoms with Crippen LogP contribution in [0.4, 0.5) is 0 Å². The van der Waals surface area contributed by atoms with Gasteiger partial charge in [0.2, 0.25) is 16.4 Å². The van der Waals surface area contributed by atoms with Gasteiger partial charge in [-0.3, -0.25) is 9.13 Å². The molecule has 0 aliphatic rings. The second-order valence-electron chi connectivity index (χ2n) is 5.95. The van der Waals surface area contributed by atoms with Gasteiger partial charge < -0.3 is 33.4 Å². The van der Waals surface area contributed by atoms with Gasteiger partial charge in [-0.1, -0.05) is 0 Å². The van der Waals surface area contributed by atoms with Crippen molar-refractivity contribution < 1.29 is 42.5 Å². The van der Waals surface area contributed by atoms with Crippen molar-refractivity contribution in [2.24, 2.45) is 0 Å². The second-order valence-corrected chi connectivity index (χ2v) is 12.3. The molecular formula is C14H22Cl5N3O9P2. The van der Waals surface area contributed by atoms with Crippen molar-refractivity contribution in [1.29, 1.82) is 0 Å². The average Bonchev–Trinajstić information content (AvgIpc) is 2.82. The predicted molar refractivity (Wildman–Crippen MR) is 124 cm³/mol. The van der Waals surface area contributed by atoms with E-state index in [1.165, 1.54) is 0 Å². The molecule has 0 radical (unpaired) electrons. The fourth-order valence-corrected chi connectivity index (χ4v) is 5.66. The fraction of sp³-hybridized carbons (Fsp3) is 0.786. The van der Waals surface area contributed by atoms with Gasteiger partial charge in [-0.25, -0.2) is 0 Å². The number of aliphatic hydroxyl groups is 3. The lowest BCUT2D eigenvalue weighted by Crippen LogP contribution is -2.31. The first kappa shape index (κ1) is 31.7. The molecule has 192 valence electrons. The van der Waals surface area contributed by atoms with Gasteiger partial charge >= 0.3 is 15.2 Å². The van der Waals surface area contributed by atoms with Crippen molar-refractivity contribution in [3.05, 3.63) is 5.28 Å². The molecule has 0 saturated heterocycles. The number of nitrogens with zero attached hydrogens (tertiary/aromatic N) is 3. The SMILES string of the molecule is O=P(OCCCl)(OCC(Cl)CO)c1nc(Cl)nc(P(=O)(OCC(Cl)CO)OCC(Cl)CO)n1. The minimum Gasteiger partial charge on any atom is -0.395 e. The van der Waals surface area contributed by atoms with E-state index in [0.717, 1.165) is 0 Å². The maximum Gasteiger partial charge on any atom is 0.398 e. The molecule has 3 N–H and O–H groups in total. The number of hydrogen-bond donors (Lipinski definition) is 3. The Morgan fingerprint density at radius 2 is 1.09 bits per heavy atom. The summed E-state index contributed by atoms with van der Waals surface area (Å²) in [6.07, 6.45) is 0. The molecule has 1 heterocycles. The molecule has 0 aromatic carbocycles. The van der Waals surface area contributed by atoms with Crippen LogP contribution in [0, 0.1) is 0 Å². The van der Waals surface area contributed by atoms with Crippen molar-refractivity contribution in [1.82, 2.24) is 15.0 Å². The van der Waals surface area contributed by atoms with Gasteiger partial charge in [-0.05, 0) is 11.6 Å². The van der Waals surface area contributed by atoms with E-state index < -0.39 is 87.4 Å². The molecule has 0 amide bonds. The first-order chi connectivity index (χ1) is 15.5. The number of alkyl halides is 4. The summed E-state index contributed by atoms with van der Waals surface area (Å²) in [5, 5.41) is 23.8. The third-order valence-corrected chi connectivity index (χ3v) is 7.77. The van der Waals surface area contributed by atoms with Crippen LogP contribution in [0.1, 0.15) is 0 Å². The summed E-state index contributed by atoms with van der Waals surface area (Å²) in [5.74, 6) is -0.0788. The van der Waals surface area contributed by atoms with Gasteiger partial charge in [0.1, 0.15) is 0 Å². The molecule has 4 unspecified atom stereocenters. The van der Waals surface area contributed by atoms with Crippen molar-refractivity contribution >= 4 is 84.3 Å². The van der Waals surface area contributed by atoms with Crippen LogP contribution in [0.2, 0.25) is 5.28 Å². The quantitative estimate of drug-likeness (QED) is 0.170. The van der Waals surface area contributed by atoms with E-state index in [2.05, 4.69) is 15.0 Å². The molecule has 1 rings (SSSR count). The van der Waals surface area contributed by atoms with Crippen molar-refractivity contribution in [2.45, 2.75) is 16.1 Å². The summed E-state index contributed by atoms with van der Waals surface area (Å²) in [6.45, 7) is -3.16. The van der Waals surface area contributed by atoms with Crippen LogP contribution >= 0.6 is 73.2 Å². The lowest BCUT2D eigenvalue weighted by molar-refractivity contribution is 0.181. The van der Waals surface area contributed by atoms with Crippen LogP contribution in [-0.4, -0.2) is 98.5 Å². The molecule has 0 fully saturated rings. The van der Waals surface area contributed by atoms with Crippen molar-refractivity contribution in [3.63, 3.8) is 0 Å². The third kappa shape index (κ3) is 10.7. The molecule has 1 aromatic rings. The van der Waals surface area contributed by atoms with Crippen LogP contribution < -0.4 is 11.1 Å². The van der Waals surface area contributed by atoms with Crippen LogP contribution in [0.25, 0.3) is 0 Å². The fourth-order valence-electron chi connectivity index (χ4n) is 1.73. The van der Waals surface area contributed by atoms with E-state index in [-0.39, 0.29) is 12.5 Å². The van der Waals surface area contributed by atoms with E-state index in [9.17, 15) is 9.13 Å². The minimum atomic E-state index is -4.46. The second kappa shape index (κ2) is 15.7. The molecule has 19 heteroatoms. The molecule has 12 nitrogen and oxygen atoms in total. The van der Waals surface area contributed by atoms with Crippen LogP contribution in [0.3, 0.4) is 0 Å². The average molecular weight is 616 g/mol. The zero-order valence-corrected chi connectivity index (χ0v) is 22.4. The highest BCUT2D eigenvalue weighted by Gasteiger charge is 2.39. The highest BCUT2D eigenvalue weighted by Crippen LogP contribution is 2.49. The normalized spacial score (nSPS) is 18.3. The summed E-state index contributed by atoms with van der Waals surface area (Å²) >= 11 is 28.9. The number of rotatable bonds is 17. The van der Waals surface area contributed by atoms with E-state index in [4.69, 9.17) is 91.4 Å². The molecule has 0 aliphatic carbocycles. The largest absolute Gasteiger partial charge is 0.398 e. The maximum absolute atomic E-state index is 13.4. The Bertz CT molecular complexity index is 813. The van der Waals surface area contributed by atoms with Gasteiger partial charge in [-0.2, -0.15) is 15.0 Å². The molecule has 0 aliphatic heterocycles. The van der Waals surface area contributed by atoms with Gasteiger partial charge in [0.25, 0.3) is 0 Å². The third-order valence-electron chi connectivity index (χ3n) is 3.28. The van der Waals surface area contributed by atoms with Gasteiger partial charge in [0.15, 0.2) is 0 Å². The van der Waals surface area contributed by atoms with Gasteiger partial charge in [-0.15, -0.1) is 46.4 Å². The van der Waals surface area contributed by atoms with E-state index in [1.807, 2.05) is 0 Å². The number of hydrogen-bond acceptors (Lipinski definition) is 12. The summed E-state index contributed by atoms with van der Waals surface area (Å²) in [5.41, 5.74) is -1.35. The number of halogens is 5. The topological polar surface area (TPSA) is 170 Å². The Balaban J connectivity index is 3.40. The van der Waals surface area contributed by atoms with Crippen molar-refractivity contribution in [2.75, 3.05) is 52.1 Å². The Kier molecular flexibility index (Phi) is 15.1. The number of aliphatic hydroxyl groups excluding tert-OH is 3. The molecule has 1 aromatic heterocycles. The highest BCUT2D eigenvalue weighted by molar-refractivity contribution is 7.63. The Morgan fingerprint density at radius 1 is 0.727 bits per heavy atom. The zero-order chi connectivity index (χ0) is 25.1. The first-order valence-corrected chi connectivity index (χ1v) is 14.4. The molecule has 0 saturated carbocycles. The van der Waals surface area contributed by atoms with E-state index >= 15 is 0 Å². The Morgan fingerprint density at radius 3 is 1.42 bits per heavy atom. The van der Waals surface area contributed by atoms with Crippen LogP contribution in [-0.2, 0) is 27.2 Å². The summed E-state index contributed by atoms with van der Waals surface area (Å²) in [6, 6.07) is 0. The molecule has 33 heavy (non-hydrogen) atoms. The zero-order valence-electron chi connectivity index (χ0n) is 16.8.